The van der Waals surface area contributed by atoms with E-state index in [0.717, 1.165) is 0 Å². The van der Waals surface area contributed by atoms with E-state index in [1.807, 2.05) is 0 Å². The van der Waals surface area contributed by atoms with Gasteiger partial charge < -0.3 is 5.32 Å². The third-order valence-corrected chi connectivity index (χ3v) is 5.55. The van der Waals surface area contributed by atoms with Crippen molar-refractivity contribution in [3.8, 4) is 0 Å². The van der Waals surface area contributed by atoms with Gasteiger partial charge in [-0.2, -0.15) is 5.10 Å². The van der Waals surface area contributed by atoms with Crippen molar-refractivity contribution in [2.24, 2.45) is 0 Å². The number of benzene rings is 1. The fraction of sp³-hybridized carbons (Fsp3) is 0.333. The summed E-state index contributed by atoms with van der Waals surface area (Å²) in [6.07, 6.45) is 1.88. The van der Waals surface area contributed by atoms with Gasteiger partial charge in [0.25, 0.3) is 0 Å². The van der Waals surface area contributed by atoms with E-state index in [2.05, 4.69) is 10.4 Å². The van der Waals surface area contributed by atoms with Crippen LogP contribution < -0.4 is 5.32 Å². The minimum absolute atomic E-state index is 0.0187. The molecule has 1 saturated heterocycles. The highest BCUT2D eigenvalue weighted by molar-refractivity contribution is 7.91. The highest BCUT2D eigenvalue weighted by Crippen LogP contribution is 2.26. The van der Waals surface area contributed by atoms with Gasteiger partial charge in [-0.3, -0.25) is 4.79 Å². The van der Waals surface area contributed by atoms with Crippen molar-refractivity contribution in [2.45, 2.75) is 18.9 Å². The van der Waals surface area contributed by atoms with Crippen molar-refractivity contribution in [3.05, 3.63) is 47.9 Å². The minimum Gasteiger partial charge on any atom is -0.311 e. The van der Waals surface area contributed by atoms with Crippen LogP contribution in [0.4, 0.5) is 10.2 Å². The number of hydrogen-bond donors (Lipinski definition) is 1. The zero-order chi connectivity index (χ0) is 16.4. The van der Waals surface area contributed by atoms with Crippen LogP contribution in [-0.4, -0.2) is 35.6 Å². The predicted octanol–water partition coefficient (Wildman–Crippen LogP) is 1.56. The Morgan fingerprint density at radius 2 is 2.13 bits per heavy atom. The summed E-state index contributed by atoms with van der Waals surface area (Å²) in [7, 11) is -3.04. The number of nitrogens with one attached hydrogen (secondary N) is 1. The second kappa shape index (κ2) is 6.11. The van der Waals surface area contributed by atoms with Crippen molar-refractivity contribution in [2.75, 3.05) is 16.8 Å². The first kappa shape index (κ1) is 15.7. The summed E-state index contributed by atoms with van der Waals surface area (Å²) >= 11 is 0. The lowest BCUT2D eigenvalue weighted by molar-refractivity contribution is -0.115. The van der Waals surface area contributed by atoms with Gasteiger partial charge in [-0.05, 0) is 18.1 Å². The molecule has 0 bridgehead atoms. The number of rotatable bonds is 4. The summed E-state index contributed by atoms with van der Waals surface area (Å²) in [5.74, 6) is -0.241. The smallest absolute Gasteiger partial charge is 0.230 e. The zero-order valence-electron chi connectivity index (χ0n) is 12.3. The van der Waals surface area contributed by atoms with Gasteiger partial charge in [0.15, 0.2) is 9.84 Å². The maximum absolute atomic E-state index is 13.6. The Hall–Kier alpha value is -2.22. The maximum atomic E-state index is 13.6. The van der Waals surface area contributed by atoms with Crippen LogP contribution in [0.15, 0.2) is 36.5 Å². The van der Waals surface area contributed by atoms with Crippen LogP contribution in [0.3, 0.4) is 0 Å². The normalized spacial score (nSPS) is 19.6. The molecule has 1 aliphatic heterocycles. The third kappa shape index (κ3) is 3.58. The summed E-state index contributed by atoms with van der Waals surface area (Å²) in [5, 5.41) is 6.78. The van der Waals surface area contributed by atoms with Crippen LogP contribution in [0.1, 0.15) is 18.0 Å². The Morgan fingerprint density at radius 1 is 1.35 bits per heavy atom. The molecule has 1 aromatic heterocycles. The molecule has 122 valence electrons. The Morgan fingerprint density at radius 3 is 2.83 bits per heavy atom. The number of carbonyl (C=O) groups excluding carboxylic acids is 1. The molecule has 1 fully saturated rings. The van der Waals surface area contributed by atoms with Crippen LogP contribution in [0, 0.1) is 5.82 Å². The molecular weight excluding hydrogens is 321 g/mol. The average Bonchev–Trinajstić information content (AvgIpc) is 3.07. The van der Waals surface area contributed by atoms with Crippen LogP contribution in [0.2, 0.25) is 0 Å². The van der Waals surface area contributed by atoms with E-state index in [1.165, 1.54) is 16.9 Å². The molecule has 23 heavy (non-hydrogen) atoms. The van der Waals surface area contributed by atoms with E-state index < -0.39 is 15.7 Å². The Kier molecular flexibility index (Phi) is 4.16. The van der Waals surface area contributed by atoms with Gasteiger partial charge in [0, 0.05) is 6.07 Å². The minimum atomic E-state index is -3.04. The lowest BCUT2D eigenvalue weighted by Crippen LogP contribution is -2.21. The van der Waals surface area contributed by atoms with Crippen molar-refractivity contribution < 1.29 is 17.6 Å². The van der Waals surface area contributed by atoms with Crippen molar-refractivity contribution >= 4 is 21.6 Å². The number of amides is 1. The number of hydrogen-bond acceptors (Lipinski definition) is 4. The monoisotopic (exact) mass is 337 g/mol. The number of aromatic nitrogens is 2. The predicted molar refractivity (Wildman–Crippen MR) is 83.3 cm³/mol. The number of sulfone groups is 1. The second-order valence-corrected chi connectivity index (χ2v) is 7.76. The summed E-state index contributed by atoms with van der Waals surface area (Å²) < 4.78 is 38.2. The van der Waals surface area contributed by atoms with Gasteiger partial charge in [-0.25, -0.2) is 17.5 Å². The fourth-order valence-electron chi connectivity index (χ4n) is 2.67. The number of nitrogens with zero attached hydrogens (tertiary/aromatic N) is 2. The molecule has 3 rings (SSSR count). The SMILES string of the molecule is O=C(Cc1ccccc1F)Nc1ccnn1[C@H]1CCS(=O)(=O)C1. The van der Waals surface area contributed by atoms with E-state index in [-0.39, 0.29) is 29.9 Å². The summed E-state index contributed by atoms with van der Waals surface area (Å²) in [5.41, 5.74) is 0.305. The number of carbonyl (C=O) groups is 1. The molecule has 1 aliphatic rings. The molecule has 0 aliphatic carbocycles. The van der Waals surface area contributed by atoms with E-state index in [4.69, 9.17) is 0 Å². The van der Waals surface area contributed by atoms with Crippen molar-refractivity contribution in [3.63, 3.8) is 0 Å². The largest absolute Gasteiger partial charge is 0.311 e. The quantitative estimate of drug-likeness (QED) is 0.918. The molecule has 1 atom stereocenters. The van der Waals surface area contributed by atoms with Crippen LogP contribution in [-0.2, 0) is 21.1 Å². The Balaban J connectivity index is 1.71. The summed E-state index contributed by atoms with van der Waals surface area (Å²) in [4.78, 5) is 12.1. The topological polar surface area (TPSA) is 81.1 Å². The van der Waals surface area contributed by atoms with Gasteiger partial charge in [-0.15, -0.1) is 0 Å². The Labute approximate surface area is 133 Å². The lowest BCUT2D eigenvalue weighted by Gasteiger charge is -2.13. The number of anilines is 1. The second-order valence-electron chi connectivity index (χ2n) is 5.53. The van der Waals surface area contributed by atoms with E-state index in [1.54, 1.807) is 24.3 Å². The molecule has 0 spiro atoms. The van der Waals surface area contributed by atoms with Gasteiger partial charge >= 0.3 is 0 Å². The zero-order valence-corrected chi connectivity index (χ0v) is 13.1. The molecule has 1 N–H and O–H groups in total. The molecule has 6 nitrogen and oxygen atoms in total. The third-order valence-electron chi connectivity index (χ3n) is 3.80. The summed E-state index contributed by atoms with van der Waals surface area (Å²) in [6.45, 7) is 0. The first-order valence-corrected chi connectivity index (χ1v) is 9.04. The summed E-state index contributed by atoms with van der Waals surface area (Å²) in [6, 6.07) is 7.40. The standard InChI is InChI=1S/C15H16FN3O3S/c16-13-4-2-1-3-11(13)9-15(20)18-14-5-7-17-19(14)12-6-8-23(21,22)10-12/h1-5,7,12H,6,8-10H2,(H,18,20)/t12-/m0/s1. The van der Waals surface area contributed by atoms with E-state index in [9.17, 15) is 17.6 Å². The molecular formula is C15H16FN3O3S. The van der Waals surface area contributed by atoms with E-state index >= 15 is 0 Å². The van der Waals surface area contributed by atoms with Crippen LogP contribution in [0.25, 0.3) is 0 Å². The van der Waals surface area contributed by atoms with Crippen molar-refractivity contribution in [1.29, 1.82) is 0 Å². The van der Waals surface area contributed by atoms with Gasteiger partial charge in [0.05, 0.1) is 30.2 Å². The van der Waals surface area contributed by atoms with Crippen LogP contribution in [0.5, 0.6) is 0 Å². The highest BCUT2D eigenvalue weighted by atomic mass is 32.2. The first-order valence-electron chi connectivity index (χ1n) is 7.22. The molecule has 2 heterocycles. The van der Waals surface area contributed by atoms with E-state index in [0.29, 0.717) is 17.8 Å². The molecule has 1 aromatic carbocycles. The average molecular weight is 337 g/mol. The molecule has 0 saturated carbocycles. The van der Waals surface area contributed by atoms with Crippen LogP contribution >= 0.6 is 0 Å². The number of halogens is 1. The fourth-order valence-corrected chi connectivity index (χ4v) is 4.37. The molecule has 0 radical (unpaired) electrons. The molecule has 0 unspecified atom stereocenters. The maximum Gasteiger partial charge on any atom is 0.230 e. The first-order chi connectivity index (χ1) is 10.9. The Bertz CT molecular complexity index is 832. The molecule has 1 amide bonds. The molecule has 2 aromatic rings. The van der Waals surface area contributed by atoms with Crippen molar-refractivity contribution in [1.82, 2.24) is 9.78 Å². The van der Waals surface area contributed by atoms with Gasteiger partial charge in [0.2, 0.25) is 5.91 Å². The molecule has 8 heteroatoms. The lowest BCUT2D eigenvalue weighted by atomic mass is 10.1. The van der Waals surface area contributed by atoms with Gasteiger partial charge in [-0.1, -0.05) is 18.2 Å². The highest BCUT2D eigenvalue weighted by Gasteiger charge is 2.31. The van der Waals surface area contributed by atoms with Gasteiger partial charge in [0.1, 0.15) is 11.6 Å².